The largest absolute Gasteiger partial charge is 0.462 e. The number of aryl methyl sites for hydroxylation is 3. The molecule has 0 radical (unpaired) electrons. The first-order chi connectivity index (χ1) is 21.6. The van der Waals surface area contributed by atoms with Gasteiger partial charge in [-0.25, -0.2) is 23.4 Å². The van der Waals surface area contributed by atoms with Gasteiger partial charge in [-0.2, -0.15) is 5.10 Å². The molecule has 45 heavy (non-hydrogen) atoms. The lowest BCUT2D eigenvalue weighted by atomic mass is 9.95. The number of nitrogens with zero attached hydrogens (tertiary/aromatic N) is 2. The zero-order valence-electron chi connectivity index (χ0n) is 25.9. The second-order valence-electron chi connectivity index (χ2n) is 11.2. The number of ether oxygens (including phenoxy) is 1. The number of hydrogen-bond acceptors (Lipinski definition) is 7. The van der Waals surface area contributed by atoms with Crippen LogP contribution in [-0.2, 0) is 32.4 Å². The molecule has 0 aliphatic heterocycles. The first kappa shape index (κ1) is 32.3. The van der Waals surface area contributed by atoms with Crippen LogP contribution in [-0.4, -0.2) is 37.7 Å². The number of benzene rings is 2. The van der Waals surface area contributed by atoms with Gasteiger partial charge in [-0.15, -0.1) is 11.3 Å². The Morgan fingerprint density at radius 1 is 1.04 bits per heavy atom. The molecule has 0 saturated heterocycles. The Morgan fingerprint density at radius 2 is 1.76 bits per heavy atom. The molecule has 0 unspecified atom stereocenters. The molecule has 1 aliphatic rings. The summed E-state index contributed by atoms with van der Waals surface area (Å²) in [5, 5.41) is 5.06. The summed E-state index contributed by atoms with van der Waals surface area (Å²) in [6.07, 6.45) is 5.39. The predicted octanol–water partition coefficient (Wildman–Crippen LogP) is 6.08. The van der Waals surface area contributed by atoms with Gasteiger partial charge in [0, 0.05) is 28.2 Å². The van der Waals surface area contributed by atoms with Gasteiger partial charge in [0.25, 0.3) is 0 Å². The number of hydrazone groups is 1. The number of carbonyl (C=O) groups excluding carboxylic acids is 2. The summed E-state index contributed by atoms with van der Waals surface area (Å²) in [7, 11) is -3.89. The summed E-state index contributed by atoms with van der Waals surface area (Å²) in [6, 6.07) is 16.7. The average molecular weight is 647 g/mol. The monoisotopic (exact) mass is 646 g/mol. The number of sulfonamides is 1. The van der Waals surface area contributed by atoms with Crippen molar-refractivity contribution in [3.8, 4) is 5.00 Å². The Labute approximate surface area is 268 Å². The summed E-state index contributed by atoms with van der Waals surface area (Å²) in [5.74, 6) is -0.746. The maximum atomic E-state index is 13.2. The lowest BCUT2D eigenvalue weighted by Gasteiger charge is -2.18. The van der Waals surface area contributed by atoms with Gasteiger partial charge in [0.15, 0.2) is 0 Å². The lowest BCUT2D eigenvalue weighted by molar-refractivity contribution is -0.121. The van der Waals surface area contributed by atoms with Gasteiger partial charge in [0.1, 0.15) is 5.00 Å². The van der Waals surface area contributed by atoms with Crippen molar-refractivity contribution >= 4 is 39.5 Å². The van der Waals surface area contributed by atoms with Gasteiger partial charge < -0.3 is 9.30 Å². The highest BCUT2D eigenvalue weighted by Crippen LogP contribution is 2.39. The molecule has 1 amide bonds. The molecule has 2 aromatic heterocycles. The summed E-state index contributed by atoms with van der Waals surface area (Å²) in [5.41, 5.74) is 8.50. The highest BCUT2D eigenvalue weighted by Gasteiger charge is 2.29. The van der Waals surface area contributed by atoms with E-state index in [-0.39, 0.29) is 17.3 Å². The minimum Gasteiger partial charge on any atom is -0.462 e. The van der Waals surface area contributed by atoms with E-state index in [0.29, 0.717) is 17.7 Å². The standard InChI is InChI=1S/C34H38N4O5S2/c1-5-43-34(40)32-28-13-9-10-14-30(28)44-33(32)38-23(3)19-26(24(38)4)21-35-36-31(39)20-29(25-11-7-6-8-12-25)37-45(41,42)27-17-15-22(2)16-18-27/h6-8,11-12,15-19,21,29,37H,5,9-10,13-14,20H2,1-4H3,(H,36,39)/b35-21-/t29-/m1/s1. The van der Waals surface area contributed by atoms with E-state index >= 15 is 0 Å². The summed E-state index contributed by atoms with van der Waals surface area (Å²) < 4.78 is 36.5. The number of esters is 1. The Kier molecular flexibility index (Phi) is 10.0. The molecule has 0 saturated carbocycles. The fourth-order valence-electron chi connectivity index (χ4n) is 5.64. The van der Waals surface area contributed by atoms with E-state index in [9.17, 15) is 18.0 Å². The molecule has 2 aromatic carbocycles. The molecule has 0 spiro atoms. The number of fused-ring (bicyclic) bond motifs is 1. The minimum atomic E-state index is -3.89. The maximum Gasteiger partial charge on any atom is 0.341 e. The number of rotatable bonds is 11. The van der Waals surface area contributed by atoms with Crippen molar-refractivity contribution in [2.24, 2.45) is 5.10 Å². The Balaban J connectivity index is 1.34. The van der Waals surface area contributed by atoms with Gasteiger partial charge in [0.2, 0.25) is 15.9 Å². The van der Waals surface area contributed by atoms with Crippen LogP contribution in [0.5, 0.6) is 0 Å². The lowest BCUT2D eigenvalue weighted by Crippen LogP contribution is -2.32. The minimum absolute atomic E-state index is 0.125. The van der Waals surface area contributed by atoms with Crippen LogP contribution in [0.15, 0.2) is 70.7 Å². The molecular formula is C34H38N4O5S2. The van der Waals surface area contributed by atoms with E-state index in [1.165, 1.54) is 4.88 Å². The van der Waals surface area contributed by atoms with Gasteiger partial charge in [-0.3, -0.25) is 4.79 Å². The number of carbonyl (C=O) groups is 2. The SMILES string of the molecule is CCOC(=O)c1c(-n2c(C)cc(/C=N\NC(=O)C[C@@H](NS(=O)(=O)c3ccc(C)cc3)c3ccccc3)c2C)sc2c1CCCC2. The molecular weight excluding hydrogens is 609 g/mol. The Bertz CT molecular complexity index is 1820. The molecule has 1 aliphatic carbocycles. The van der Waals surface area contributed by atoms with Gasteiger partial charge >= 0.3 is 5.97 Å². The van der Waals surface area contributed by atoms with Crippen LogP contribution in [0.1, 0.15) is 81.1 Å². The zero-order chi connectivity index (χ0) is 32.1. The number of hydrogen-bond donors (Lipinski definition) is 2. The third-order valence-electron chi connectivity index (χ3n) is 7.92. The molecule has 2 heterocycles. The third kappa shape index (κ3) is 7.27. The molecule has 11 heteroatoms. The Hall–Kier alpha value is -4.06. The fraction of sp³-hybridized carbons (Fsp3) is 0.324. The van der Waals surface area contributed by atoms with Crippen LogP contribution in [0.3, 0.4) is 0 Å². The first-order valence-corrected chi connectivity index (χ1v) is 17.4. The molecule has 9 nitrogen and oxygen atoms in total. The van der Waals surface area contributed by atoms with Gasteiger partial charge in [-0.1, -0.05) is 48.0 Å². The molecule has 4 aromatic rings. The number of nitrogens with one attached hydrogen (secondary N) is 2. The topological polar surface area (TPSA) is 119 Å². The van der Waals surface area contributed by atoms with E-state index in [2.05, 4.69) is 19.8 Å². The van der Waals surface area contributed by atoms with Crippen molar-refractivity contribution in [2.75, 3.05) is 6.61 Å². The third-order valence-corrected chi connectivity index (χ3v) is 10.7. The second-order valence-corrected chi connectivity index (χ2v) is 14.0. The Morgan fingerprint density at radius 3 is 2.47 bits per heavy atom. The van der Waals surface area contributed by atoms with Crippen LogP contribution in [0.25, 0.3) is 5.00 Å². The fourth-order valence-corrected chi connectivity index (χ4v) is 8.36. The van der Waals surface area contributed by atoms with Crippen LogP contribution < -0.4 is 10.1 Å². The number of amides is 1. The van der Waals surface area contributed by atoms with Crippen molar-refractivity contribution in [3.05, 3.63) is 105 Å². The predicted molar refractivity (Wildman–Crippen MR) is 177 cm³/mol. The quantitative estimate of drug-likeness (QED) is 0.116. The van der Waals surface area contributed by atoms with E-state index < -0.39 is 22.0 Å². The summed E-state index contributed by atoms with van der Waals surface area (Å²) in [4.78, 5) is 27.5. The first-order valence-electron chi connectivity index (χ1n) is 15.1. The summed E-state index contributed by atoms with van der Waals surface area (Å²) >= 11 is 1.64. The highest BCUT2D eigenvalue weighted by molar-refractivity contribution is 7.89. The summed E-state index contributed by atoms with van der Waals surface area (Å²) in [6.45, 7) is 7.93. The van der Waals surface area contributed by atoms with Crippen LogP contribution in [0, 0.1) is 20.8 Å². The van der Waals surface area contributed by atoms with Gasteiger partial charge in [-0.05, 0) is 82.7 Å². The molecule has 236 valence electrons. The molecule has 0 bridgehead atoms. The van der Waals surface area contributed by atoms with E-state index in [4.69, 9.17) is 4.74 Å². The van der Waals surface area contributed by atoms with Crippen LogP contribution in [0.4, 0.5) is 0 Å². The smallest absolute Gasteiger partial charge is 0.341 e. The van der Waals surface area contributed by atoms with E-state index in [1.807, 2.05) is 39.8 Å². The van der Waals surface area contributed by atoms with Crippen molar-refractivity contribution in [2.45, 2.75) is 70.7 Å². The molecule has 0 fully saturated rings. The van der Waals surface area contributed by atoms with E-state index in [0.717, 1.165) is 58.8 Å². The van der Waals surface area contributed by atoms with Crippen molar-refractivity contribution in [1.29, 1.82) is 0 Å². The molecule has 1 atom stereocenters. The number of thiophene rings is 1. The van der Waals surface area contributed by atoms with Crippen molar-refractivity contribution < 1.29 is 22.7 Å². The van der Waals surface area contributed by atoms with Crippen molar-refractivity contribution in [3.63, 3.8) is 0 Å². The molecule has 5 rings (SSSR count). The van der Waals surface area contributed by atoms with Crippen LogP contribution in [0.2, 0.25) is 0 Å². The normalized spacial score (nSPS) is 13.9. The van der Waals surface area contributed by atoms with Crippen molar-refractivity contribution in [1.82, 2.24) is 14.7 Å². The number of aromatic nitrogens is 1. The average Bonchev–Trinajstić information content (AvgIpc) is 3.53. The second kappa shape index (κ2) is 13.9. The van der Waals surface area contributed by atoms with Crippen LogP contribution >= 0.6 is 11.3 Å². The van der Waals surface area contributed by atoms with E-state index in [1.54, 1.807) is 66.1 Å². The zero-order valence-corrected chi connectivity index (χ0v) is 27.6. The molecule has 2 N–H and O–H groups in total. The highest BCUT2D eigenvalue weighted by atomic mass is 32.2. The van der Waals surface area contributed by atoms with Gasteiger partial charge in [0.05, 0.1) is 29.3 Å². The maximum absolute atomic E-state index is 13.2.